The van der Waals surface area contributed by atoms with Crippen LogP contribution in [-0.2, 0) is 6.54 Å². The lowest BCUT2D eigenvalue weighted by molar-refractivity contribution is 0.0704. The van der Waals surface area contributed by atoms with Crippen molar-refractivity contribution < 1.29 is 18.7 Å². The third-order valence-electron chi connectivity index (χ3n) is 6.36. The van der Waals surface area contributed by atoms with E-state index in [1.807, 2.05) is 0 Å². The summed E-state index contributed by atoms with van der Waals surface area (Å²) in [5, 5.41) is 8.05. The van der Waals surface area contributed by atoms with Crippen LogP contribution < -0.4 is 15.0 Å². The van der Waals surface area contributed by atoms with Gasteiger partial charge >= 0.3 is 0 Å². The molecule has 186 valence electrons. The first kappa shape index (κ1) is 23.5. The summed E-state index contributed by atoms with van der Waals surface area (Å²) in [5.74, 6) is 0.895. The fraction of sp³-hybridized carbons (Fsp3) is 0.320. The van der Waals surface area contributed by atoms with Crippen molar-refractivity contribution in [2.24, 2.45) is 0 Å². The second-order valence-electron chi connectivity index (χ2n) is 8.66. The number of hydrogen-bond donors (Lipinski definition) is 1. The average Bonchev–Trinajstić information content (AvgIpc) is 3.32. The maximum absolute atomic E-state index is 13.3. The van der Waals surface area contributed by atoms with Crippen LogP contribution in [0.25, 0.3) is 11.2 Å². The largest absolute Gasteiger partial charge is 0.493 e. The van der Waals surface area contributed by atoms with Crippen LogP contribution in [0, 0.1) is 5.82 Å². The topological polar surface area (TPSA) is 115 Å². The van der Waals surface area contributed by atoms with E-state index in [4.69, 9.17) is 9.47 Å². The summed E-state index contributed by atoms with van der Waals surface area (Å²) in [4.78, 5) is 35.3. The highest BCUT2D eigenvalue weighted by atomic mass is 19.1. The van der Waals surface area contributed by atoms with E-state index in [0.29, 0.717) is 48.2 Å². The van der Waals surface area contributed by atoms with Crippen LogP contribution in [-0.4, -0.2) is 63.1 Å². The summed E-state index contributed by atoms with van der Waals surface area (Å²) < 4.78 is 25.4. The SMILES string of the molecule is COc1ccc(C(=O)N2CCC[C@@H](c3nc4c(nnn4Cc4ccc(F)cc4)c(=O)[nH]3)C2)cc1OC. The molecule has 2 aromatic heterocycles. The van der Waals surface area contributed by atoms with E-state index in [2.05, 4.69) is 20.3 Å². The van der Waals surface area contributed by atoms with Gasteiger partial charge in [-0.3, -0.25) is 9.59 Å². The number of nitrogens with one attached hydrogen (secondary N) is 1. The molecule has 3 heterocycles. The number of carbonyl (C=O) groups is 1. The Morgan fingerprint density at radius 1 is 1.14 bits per heavy atom. The summed E-state index contributed by atoms with van der Waals surface area (Å²) in [7, 11) is 3.07. The first-order chi connectivity index (χ1) is 17.5. The summed E-state index contributed by atoms with van der Waals surface area (Å²) in [6.45, 7) is 1.29. The first-order valence-electron chi connectivity index (χ1n) is 11.6. The van der Waals surface area contributed by atoms with Crippen molar-refractivity contribution >= 4 is 17.1 Å². The van der Waals surface area contributed by atoms with Crippen molar-refractivity contribution in [1.82, 2.24) is 29.9 Å². The maximum Gasteiger partial charge on any atom is 0.281 e. The molecule has 5 rings (SSSR count). The van der Waals surface area contributed by atoms with Gasteiger partial charge in [0, 0.05) is 24.6 Å². The lowest BCUT2D eigenvalue weighted by Crippen LogP contribution is -2.40. The molecule has 1 amide bonds. The van der Waals surface area contributed by atoms with Crippen LogP contribution in [0.5, 0.6) is 11.5 Å². The van der Waals surface area contributed by atoms with Crippen molar-refractivity contribution in [1.29, 1.82) is 0 Å². The zero-order chi connectivity index (χ0) is 25.2. The molecule has 4 aromatic rings. The summed E-state index contributed by atoms with van der Waals surface area (Å²) in [6, 6.07) is 11.1. The Morgan fingerprint density at radius 3 is 2.67 bits per heavy atom. The number of aromatic amines is 1. The van der Waals surface area contributed by atoms with Gasteiger partial charge in [0.05, 0.1) is 20.8 Å². The molecule has 1 aliphatic heterocycles. The number of benzene rings is 2. The molecule has 1 N–H and O–H groups in total. The monoisotopic (exact) mass is 492 g/mol. The highest BCUT2D eigenvalue weighted by Crippen LogP contribution is 2.30. The first-order valence-corrected chi connectivity index (χ1v) is 11.6. The van der Waals surface area contributed by atoms with Crippen molar-refractivity contribution in [2.75, 3.05) is 27.3 Å². The molecule has 2 aromatic carbocycles. The molecule has 1 aliphatic rings. The second kappa shape index (κ2) is 9.76. The molecule has 10 nitrogen and oxygen atoms in total. The van der Waals surface area contributed by atoms with Crippen molar-refractivity contribution in [3.63, 3.8) is 0 Å². The number of methoxy groups -OCH3 is 2. The van der Waals surface area contributed by atoms with Crippen LogP contribution in [0.2, 0.25) is 0 Å². The Labute approximate surface area is 205 Å². The minimum Gasteiger partial charge on any atom is -0.493 e. The number of ether oxygens (including phenoxy) is 2. The molecule has 0 unspecified atom stereocenters. The quantitative estimate of drug-likeness (QED) is 0.440. The van der Waals surface area contributed by atoms with E-state index in [0.717, 1.165) is 18.4 Å². The van der Waals surface area contributed by atoms with E-state index in [9.17, 15) is 14.0 Å². The van der Waals surface area contributed by atoms with Crippen LogP contribution in [0.15, 0.2) is 47.3 Å². The molecule has 0 bridgehead atoms. The third-order valence-corrected chi connectivity index (χ3v) is 6.36. The highest BCUT2D eigenvalue weighted by Gasteiger charge is 2.28. The van der Waals surface area contributed by atoms with E-state index in [1.165, 1.54) is 23.9 Å². The number of hydrogen-bond acceptors (Lipinski definition) is 7. The molecule has 1 saturated heterocycles. The Bertz CT molecular complexity index is 1470. The molecule has 11 heteroatoms. The Balaban J connectivity index is 1.40. The molecule has 0 radical (unpaired) electrons. The van der Waals surface area contributed by atoms with Gasteiger partial charge in [-0.15, -0.1) is 5.10 Å². The number of likely N-dealkylation sites (tertiary alicyclic amines) is 1. The smallest absolute Gasteiger partial charge is 0.281 e. The van der Waals surface area contributed by atoms with Crippen molar-refractivity contribution in [2.45, 2.75) is 25.3 Å². The van der Waals surface area contributed by atoms with Gasteiger partial charge in [-0.25, -0.2) is 14.1 Å². The van der Waals surface area contributed by atoms with Gasteiger partial charge in [-0.1, -0.05) is 17.3 Å². The lowest BCUT2D eigenvalue weighted by Gasteiger charge is -2.32. The van der Waals surface area contributed by atoms with Gasteiger partial charge in [0.15, 0.2) is 22.7 Å². The normalized spacial score (nSPS) is 15.8. The fourth-order valence-electron chi connectivity index (χ4n) is 4.48. The number of fused-ring (bicyclic) bond motifs is 1. The van der Waals surface area contributed by atoms with E-state index in [-0.39, 0.29) is 28.7 Å². The minimum absolute atomic E-state index is 0.132. The van der Waals surface area contributed by atoms with Gasteiger partial charge in [0.1, 0.15) is 11.6 Å². The zero-order valence-electron chi connectivity index (χ0n) is 19.9. The van der Waals surface area contributed by atoms with Crippen LogP contribution in [0.4, 0.5) is 4.39 Å². The van der Waals surface area contributed by atoms with E-state index >= 15 is 0 Å². The van der Waals surface area contributed by atoms with Gasteiger partial charge in [0.25, 0.3) is 11.5 Å². The van der Waals surface area contributed by atoms with Gasteiger partial charge in [-0.2, -0.15) is 0 Å². The number of H-pyrrole nitrogens is 1. The molecule has 1 atom stereocenters. The second-order valence-corrected chi connectivity index (χ2v) is 8.66. The maximum atomic E-state index is 13.3. The molecule has 0 aliphatic carbocycles. The zero-order valence-corrected chi connectivity index (χ0v) is 19.9. The number of halogens is 1. The fourth-order valence-corrected chi connectivity index (χ4v) is 4.48. The van der Waals surface area contributed by atoms with Gasteiger partial charge in [-0.05, 0) is 48.7 Å². The van der Waals surface area contributed by atoms with Gasteiger partial charge < -0.3 is 19.4 Å². The van der Waals surface area contributed by atoms with Gasteiger partial charge in [0.2, 0.25) is 0 Å². The van der Waals surface area contributed by atoms with Crippen LogP contribution in [0.1, 0.15) is 40.5 Å². The van der Waals surface area contributed by atoms with Crippen LogP contribution in [0.3, 0.4) is 0 Å². The predicted octanol–water partition coefficient (Wildman–Crippen LogP) is 2.74. The minimum atomic E-state index is -0.385. The summed E-state index contributed by atoms with van der Waals surface area (Å²) in [6.07, 6.45) is 1.53. The number of aromatic nitrogens is 5. The Morgan fingerprint density at radius 2 is 1.92 bits per heavy atom. The molecular formula is C25H25FN6O4. The van der Waals surface area contributed by atoms with E-state index < -0.39 is 0 Å². The van der Waals surface area contributed by atoms with Crippen molar-refractivity contribution in [3.8, 4) is 11.5 Å². The molecule has 36 heavy (non-hydrogen) atoms. The molecule has 1 fully saturated rings. The van der Waals surface area contributed by atoms with E-state index in [1.54, 1.807) is 42.3 Å². The van der Waals surface area contributed by atoms with Crippen molar-refractivity contribution in [3.05, 3.63) is 75.6 Å². The third kappa shape index (κ3) is 4.51. The average molecular weight is 493 g/mol. The standard InChI is InChI=1S/C25H25FN6O4/c1-35-19-10-7-16(12-20(19)36-2)25(34)31-11-3-4-17(14-31)22-27-23-21(24(33)28-22)29-30-32(23)13-15-5-8-18(26)9-6-15/h5-10,12,17H,3-4,11,13-14H2,1-2H3,(H,27,28,33)/t17-/m1/s1. The lowest BCUT2D eigenvalue weighted by atomic mass is 9.96. The summed E-state index contributed by atoms with van der Waals surface area (Å²) >= 11 is 0. The number of nitrogens with zero attached hydrogens (tertiary/aromatic N) is 5. The number of carbonyl (C=O) groups excluding carboxylic acids is 1. The number of amides is 1. The Hall–Kier alpha value is -4.28. The predicted molar refractivity (Wildman–Crippen MR) is 129 cm³/mol. The summed E-state index contributed by atoms with van der Waals surface area (Å²) in [5.41, 5.74) is 1.39. The highest BCUT2D eigenvalue weighted by molar-refractivity contribution is 5.95. The molecule has 0 saturated carbocycles. The number of rotatable bonds is 6. The number of piperidine rings is 1. The van der Waals surface area contributed by atoms with Crippen LogP contribution >= 0.6 is 0 Å². The molecule has 0 spiro atoms. The Kier molecular flexibility index (Phi) is 6.36. The molecular weight excluding hydrogens is 467 g/mol.